The fraction of sp³-hybridized carbons (Fsp3) is 0.889. The van der Waals surface area contributed by atoms with E-state index < -0.39 is 0 Å². The molecule has 3 unspecified atom stereocenters. The van der Waals surface area contributed by atoms with Gasteiger partial charge in [0.25, 0.3) is 0 Å². The van der Waals surface area contributed by atoms with Crippen molar-refractivity contribution in [2.24, 2.45) is 5.92 Å². The summed E-state index contributed by atoms with van der Waals surface area (Å²) in [7, 11) is 1.45. The highest BCUT2D eigenvalue weighted by atomic mass is 16.5. The molecule has 0 spiro atoms. The summed E-state index contributed by atoms with van der Waals surface area (Å²) in [4.78, 5) is 11.2. The van der Waals surface area contributed by atoms with Crippen molar-refractivity contribution in [3.05, 3.63) is 0 Å². The lowest BCUT2D eigenvalue weighted by Gasteiger charge is -2.32. The van der Waals surface area contributed by atoms with E-state index in [1.54, 1.807) is 0 Å². The first-order chi connectivity index (χ1) is 5.65. The predicted molar refractivity (Wildman–Crippen MR) is 46.8 cm³/mol. The van der Waals surface area contributed by atoms with Gasteiger partial charge in [-0.15, -0.1) is 0 Å². The van der Waals surface area contributed by atoms with Gasteiger partial charge in [-0.3, -0.25) is 4.79 Å². The van der Waals surface area contributed by atoms with Crippen molar-refractivity contribution in [3.63, 3.8) is 0 Å². The van der Waals surface area contributed by atoms with Crippen LogP contribution < -0.4 is 5.32 Å². The van der Waals surface area contributed by atoms with Crippen molar-refractivity contribution >= 4 is 5.97 Å². The number of carbonyl (C=O) groups excluding carboxylic acids is 1. The Hall–Kier alpha value is -0.570. The normalized spacial score (nSPS) is 36.1. The number of esters is 1. The molecule has 12 heavy (non-hydrogen) atoms. The minimum atomic E-state index is -0.0816. The topological polar surface area (TPSA) is 38.3 Å². The SMILES string of the molecule is COC(=O)C1CCC(C)NC1C. The summed E-state index contributed by atoms with van der Waals surface area (Å²) in [6, 6.07) is 0.780. The van der Waals surface area contributed by atoms with Gasteiger partial charge in [0.2, 0.25) is 0 Å². The summed E-state index contributed by atoms with van der Waals surface area (Å²) < 4.78 is 4.72. The Bertz CT molecular complexity index is 170. The second-order valence-corrected chi connectivity index (χ2v) is 3.56. The molecule has 0 aromatic heterocycles. The van der Waals surface area contributed by atoms with Crippen molar-refractivity contribution < 1.29 is 9.53 Å². The zero-order chi connectivity index (χ0) is 9.14. The van der Waals surface area contributed by atoms with Gasteiger partial charge in [-0.2, -0.15) is 0 Å². The smallest absolute Gasteiger partial charge is 0.310 e. The van der Waals surface area contributed by atoms with Gasteiger partial charge < -0.3 is 10.1 Å². The number of ether oxygens (including phenoxy) is 1. The summed E-state index contributed by atoms with van der Waals surface area (Å²) in [6.07, 6.45) is 2.01. The number of hydrogen-bond acceptors (Lipinski definition) is 3. The molecule has 1 heterocycles. The molecule has 1 rings (SSSR count). The molecule has 0 radical (unpaired) electrons. The molecule has 1 fully saturated rings. The fourth-order valence-corrected chi connectivity index (χ4v) is 1.80. The number of rotatable bonds is 1. The highest BCUT2D eigenvalue weighted by Crippen LogP contribution is 2.20. The largest absolute Gasteiger partial charge is 0.469 e. The van der Waals surface area contributed by atoms with Gasteiger partial charge in [-0.05, 0) is 26.7 Å². The lowest BCUT2D eigenvalue weighted by Crippen LogP contribution is -2.47. The van der Waals surface area contributed by atoms with Crippen LogP contribution in [-0.2, 0) is 9.53 Å². The maximum atomic E-state index is 11.2. The van der Waals surface area contributed by atoms with Gasteiger partial charge in [-0.1, -0.05) is 0 Å². The third kappa shape index (κ3) is 1.97. The molecule has 3 heteroatoms. The van der Waals surface area contributed by atoms with Crippen LogP contribution >= 0.6 is 0 Å². The minimum absolute atomic E-state index is 0.0474. The van der Waals surface area contributed by atoms with Crippen molar-refractivity contribution in [1.82, 2.24) is 5.32 Å². The van der Waals surface area contributed by atoms with Crippen LogP contribution in [0.25, 0.3) is 0 Å². The summed E-state index contributed by atoms with van der Waals surface area (Å²) in [6.45, 7) is 4.18. The first-order valence-corrected chi connectivity index (χ1v) is 4.49. The number of carbonyl (C=O) groups is 1. The van der Waals surface area contributed by atoms with Gasteiger partial charge in [0, 0.05) is 12.1 Å². The van der Waals surface area contributed by atoms with Crippen LogP contribution in [0.1, 0.15) is 26.7 Å². The first kappa shape index (κ1) is 9.52. The van der Waals surface area contributed by atoms with E-state index in [2.05, 4.69) is 12.2 Å². The molecule has 0 aliphatic carbocycles. The van der Waals surface area contributed by atoms with Gasteiger partial charge in [-0.25, -0.2) is 0 Å². The van der Waals surface area contributed by atoms with Crippen LogP contribution in [-0.4, -0.2) is 25.2 Å². The van der Waals surface area contributed by atoms with Gasteiger partial charge in [0.15, 0.2) is 0 Å². The average Bonchev–Trinajstić information content (AvgIpc) is 2.03. The van der Waals surface area contributed by atoms with Crippen LogP contribution in [0.2, 0.25) is 0 Å². The van der Waals surface area contributed by atoms with Crippen LogP contribution in [0.3, 0.4) is 0 Å². The lowest BCUT2D eigenvalue weighted by atomic mass is 9.89. The molecule has 1 aliphatic heterocycles. The monoisotopic (exact) mass is 171 g/mol. The second-order valence-electron chi connectivity index (χ2n) is 3.56. The Morgan fingerprint density at radius 3 is 2.58 bits per heavy atom. The van der Waals surface area contributed by atoms with E-state index in [0.717, 1.165) is 12.8 Å². The van der Waals surface area contributed by atoms with Gasteiger partial charge in [0.05, 0.1) is 13.0 Å². The number of methoxy groups -OCH3 is 1. The van der Waals surface area contributed by atoms with Gasteiger partial charge in [0.1, 0.15) is 0 Å². The zero-order valence-electron chi connectivity index (χ0n) is 7.96. The van der Waals surface area contributed by atoms with Crippen molar-refractivity contribution in [2.45, 2.75) is 38.8 Å². The molecule has 1 aliphatic rings. The zero-order valence-corrected chi connectivity index (χ0v) is 7.96. The first-order valence-electron chi connectivity index (χ1n) is 4.49. The molecule has 1 N–H and O–H groups in total. The van der Waals surface area contributed by atoms with E-state index in [-0.39, 0.29) is 17.9 Å². The Balaban J connectivity index is 2.50. The van der Waals surface area contributed by atoms with Crippen molar-refractivity contribution in [3.8, 4) is 0 Å². The Morgan fingerprint density at radius 1 is 1.42 bits per heavy atom. The molecular formula is C9H17NO2. The molecule has 3 atom stereocenters. The van der Waals surface area contributed by atoms with E-state index in [1.165, 1.54) is 7.11 Å². The number of nitrogens with one attached hydrogen (secondary N) is 1. The molecule has 0 aromatic rings. The lowest BCUT2D eigenvalue weighted by molar-refractivity contribution is -0.147. The van der Waals surface area contributed by atoms with E-state index in [4.69, 9.17) is 4.74 Å². The predicted octanol–water partition coefficient (Wildman–Crippen LogP) is 0.936. The van der Waals surface area contributed by atoms with Crippen LogP contribution in [0, 0.1) is 5.92 Å². The summed E-state index contributed by atoms with van der Waals surface area (Å²) in [5.74, 6) is -0.0342. The summed E-state index contributed by atoms with van der Waals surface area (Å²) in [5, 5.41) is 3.34. The molecular weight excluding hydrogens is 154 g/mol. The van der Waals surface area contributed by atoms with Crippen LogP contribution in [0.5, 0.6) is 0 Å². The van der Waals surface area contributed by atoms with Crippen molar-refractivity contribution in [1.29, 1.82) is 0 Å². The van der Waals surface area contributed by atoms with Crippen LogP contribution in [0.4, 0.5) is 0 Å². The molecule has 1 saturated heterocycles. The highest BCUT2D eigenvalue weighted by Gasteiger charge is 2.30. The number of hydrogen-bond donors (Lipinski definition) is 1. The Morgan fingerprint density at radius 2 is 2.08 bits per heavy atom. The molecule has 0 saturated carbocycles. The fourth-order valence-electron chi connectivity index (χ4n) is 1.80. The third-order valence-electron chi connectivity index (χ3n) is 2.57. The molecule has 3 nitrogen and oxygen atoms in total. The van der Waals surface area contributed by atoms with E-state index in [1.807, 2.05) is 6.92 Å². The quantitative estimate of drug-likeness (QED) is 0.597. The highest BCUT2D eigenvalue weighted by molar-refractivity contribution is 5.73. The summed E-state index contributed by atoms with van der Waals surface area (Å²) in [5.41, 5.74) is 0. The van der Waals surface area contributed by atoms with Crippen LogP contribution in [0.15, 0.2) is 0 Å². The minimum Gasteiger partial charge on any atom is -0.469 e. The second kappa shape index (κ2) is 3.90. The standard InChI is InChI=1S/C9H17NO2/c1-6-4-5-8(7(2)10-6)9(11)12-3/h6-8,10H,4-5H2,1-3H3. The maximum Gasteiger partial charge on any atom is 0.310 e. The number of piperidine rings is 1. The maximum absolute atomic E-state index is 11.2. The van der Waals surface area contributed by atoms with E-state index >= 15 is 0 Å². The molecule has 70 valence electrons. The van der Waals surface area contributed by atoms with Gasteiger partial charge >= 0.3 is 5.97 Å². The molecule has 0 aromatic carbocycles. The van der Waals surface area contributed by atoms with Crippen molar-refractivity contribution in [2.75, 3.05) is 7.11 Å². The molecule has 0 bridgehead atoms. The van der Waals surface area contributed by atoms with E-state index in [9.17, 15) is 4.79 Å². The van der Waals surface area contributed by atoms with E-state index in [0.29, 0.717) is 6.04 Å². The summed E-state index contributed by atoms with van der Waals surface area (Å²) >= 11 is 0. The molecule has 0 amide bonds. The Labute approximate surface area is 73.5 Å². The Kier molecular flexibility index (Phi) is 3.09. The third-order valence-corrected chi connectivity index (χ3v) is 2.57. The average molecular weight is 171 g/mol.